The normalized spacial score (nSPS) is 18.7. The monoisotopic (exact) mass is 607 g/mol. The number of rotatable bonds is 8. The highest BCUT2D eigenvalue weighted by atomic mass is 35.5. The van der Waals surface area contributed by atoms with E-state index in [1.54, 1.807) is 17.9 Å². The van der Waals surface area contributed by atoms with Crippen LogP contribution in [0.15, 0.2) is 42.6 Å². The van der Waals surface area contributed by atoms with Crippen LogP contribution in [0, 0.1) is 5.82 Å². The number of fused-ring (bicyclic) bond motifs is 1. The first-order valence-corrected chi connectivity index (χ1v) is 14.9. The maximum Gasteiger partial charge on any atom is 0.255 e. The first kappa shape index (κ1) is 29.3. The van der Waals surface area contributed by atoms with Gasteiger partial charge < -0.3 is 30.1 Å². The number of ether oxygens (including phenoxy) is 1. The minimum atomic E-state index is -0.736. The van der Waals surface area contributed by atoms with Crippen LogP contribution >= 0.6 is 11.6 Å². The van der Waals surface area contributed by atoms with Crippen LogP contribution in [0.4, 0.5) is 16.0 Å². The average Bonchev–Trinajstić information content (AvgIpc) is 3.30. The molecule has 0 saturated carbocycles. The number of likely N-dealkylation sites (N-methyl/N-ethyl adjacent to an activating group) is 1. The summed E-state index contributed by atoms with van der Waals surface area (Å²) in [4.78, 5) is 41.6. The van der Waals surface area contributed by atoms with Gasteiger partial charge in [0.05, 0.1) is 42.2 Å². The molecular formula is C31H35ClFN7O3. The fourth-order valence-corrected chi connectivity index (χ4v) is 5.78. The van der Waals surface area contributed by atoms with E-state index in [2.05, 4.69) is 37.4 Å². The number of carbonyl (C=O) groups is 2. The Kier molecular flexibility index (Phi) is 8.21. The van der Waals surface area contributed by atoms with E-state index in [0.717, 1.165) is 37.4 Å². The Morgan fingerprint density at radius 2 is 1.88 bits per heavy atom. The number of anilines is 2. The topological polar surface area (TPSA) is 103 Å². The molecule has 3 aliphatic rings. The van der Waals surface area contributed by atoms with Crippen molar-refractivity contribution in [2.75, 3.05) is 56.7 Å². The second-order valence-electron chi connectivity index (χ2n) is 11.5. The Morgan fingerprint density at radius 1 is 1.12 bits per heavy atom. The highest BCUT2D eigenvalue weighted by Crippen LogP contribution is 2.33. The molecule has 0 unspecified atom stereocenters. The number of piperazine rings is 1. The number of hydrogen-bond acceptors (Lipinski definition) is 8. The van der Waals surface area contributed by atoms with Crippen molar-refractivity contribution in [1.82, 2.24) is 25.1 Å². The summed E-state index contributed by atoms with van der Waals surface area (Å²) in [6.07, 6.45) is 1.54. The van der Waals surface area contributed by atoms with E-state index in [1.807, 2.05) is 25.1 Å². The van der Waals surface area contributed by atoms with E-state index in [-0.39, 0.29) is 23.7 Å². The molecule has 4 heterocycles. The van der Waals surface area contributed by atoms with Gasteiger partial charge in [0, 0.05) is 49.5 Å². The van der Waals surface area contributed by atoms with Gasteiger partial charge in [-0.05, 0) is 56.3 Å². The number of carbonyl (C=O) groups excluding carboxylic acids is 2. The van der Waals surface area contributed by atoms with Gasteiger partial charge >= 0.3 is 0 Å². The highest BCUT2D eigenvalue weighted by Gasteiger charge is 2.35. The van der Waals surface area contributed by atoms with Gasteiger partial charge in [0.25, 0.3) is 5.91 Å². The zero-order valence-electron chi connectivity index (χ0n) is 24.4. The van der Waals surface area contributed by atoms with Gasteiger partial charge in [-0.15, -0.1) is 0 Å². The molecule has 0 radical (unpaired) electrons. The quantitative estimate of drug-likeness (QED) is 0.400. The van der Waals surface area contributed by atoms with E-state index in [9.17, 15) is 14.0 Å². The predicted octanol–water partition coefficient (Wildman–Crippen LogP) is 3.72. The molecule has 2 atom stereocenters. The summed E-state index contributed by atoms with van der Waals surface area (Å²) in [5.74, 6) is -0.459. The van der Waals surface area contributed by atoms with Crippen LogP contribution in [0.5, 0.6) is 0 Å². The van der Waals surface area contributed by atoms with Gasteiger partial charge in [0.1, 0.15) is 11.9 Å². The minimum absolute atomic E-state index is 0.152. The molecule has 3 aromatic rings. The molecule has 2 aromatic carbocycles. The molecule has 2 fully saturated rings. The zero-order chi connectivity index (χ0) is 30.2. The van der Waals surface area contributed by atoms with Crippen LogP contribution in [0.3, 0.4) is 0 Å². The summed E-state index contributed by atoms with van der Waals surface area (Å²) < 4.78 is 19.8. The van der Waals surface area contributed by atoms with Gasteiger partial charge in [-0.1, -0.05) is 23.7 Å². The smallest absolute Gasteiger partial charge is 0.255 e. The third-order valence-corrected chi connectivity index (χ3v) is 8.69. The molecule has 1 aromatic heterocycles. The summed E-state index contributed by atoms with van der Waals surface area (Å²) in [5, 5.41) is 6.56. The summed E-state index contributed by atoms with van der Waals surface area (Å²) in [6.45, 7) is 8.46. The van der Waals surface area contributed by atoms with Crippen LogP contribution in [-0.2, 0) is 16.1 Å². The number of nitrogens with one attached hydrogen (secondary N) is 2. The summed E-state index contributed by atoms with van der Waals surface area (Å²) in [6, 6.07) is 9.39. The van der Waals surface area contributed by atoms with Crippen molar-refractivity contribution in [2.24, 2.45) is 0 Å². The molecule has 10 nitrogen and oxygen atoms in total. The number of hydrogen-bond donors (Lipinski definition) is 2. The molecule has 6 rings (SSSR count). The Hall–Kier alpha value is -3.80. The molecule has 2 saturated heterocycles. The Balaban J connectivity index is 1.13. The molecule has 12 heteroatoms. The minimum Gasteiger partial charge on any atom is -0.377 e. The van der Waals surface area contributed by atoms with Crippen LogP contribution in [0.1, 0.15) is 41.4 Å². The molecule has 2 amide bonds. The number of aromatic nitrogens is 2. The first-order chi connectivity index (χ1) is 20.7. The van der Waals surface area contributed by atoms with Crippen molar-refractivity contribution in [2.45, 2.75) is 38.5 Å². The molecule has 3 aliphatic heterocycles. The van der Waals surface area contributed by atoms with Gasteiger partial charge in [-0.2, -0.15) is 0 Å². The average molecular weight is 608 g/mol. The third-order valence-electron chi connectivity index (χ3n) is 8.41. The number of benzene rings is 2. The van der Waals surface area contributed by atoms with E-state index >= 15 is 0 Å². The van der Waals surface area contributed by atoms with Crippen LogP contribution in [0.2, 0.25) is 5.02 Å². The van der Waals surface area contributed by atoms with Crippen molar-refractivity contribution < 1.29 is 18.7 Å². The van der Waals surface area contributed by atoms with Crippen molar-refractivity contribution in [1.29, 1.82) is 0 Å². The fraction of sp³-hybridized carbons (Fsp3) is 0.419. The number of halogens is 2. The lowest BCUT2D eigenvalue weighted by molar-refractivity contribution is -0.125. The second-order valence-corrected chi connectivity index (χ2v) is 11.9. The van der Waals surface area contributed by atoms with E-state index in [1.165, 1.54) is 18.3 Å². The molecule has 0 aliphatic carbocycles. The SMILES string of the molecule is C[C@H](C(=O)N[C@H](C)c1cc(F)cc(N2CCN(C)CC2)c1)N1Cc2ccc(-c3nc(NC4COC4)ncc3Cl)cc2C1=O. The first-order valence-electron chi connectivity index (χ1n) is 14.5. The van der Waals surface area contributed by atoms with Gasteiger partial charge in [-0.25, -0.2) is 14.4 Å². The maximum absolute atomic E-state index is 14.6. The van der Waals surface area contributed by atoms with Crippen molar-refractivity contribution >= 4 is 35.1 Å². The van der Waals surface area contributed by atoms with Crippen LogP contribution in [-0.4, -0.2) is 90.1 Å². The summed E-state index contributed by atoms with van der Waals surface area (Å²) in [7, 11) is 2.07. The van der Waals surface area contributed by atoms with Gasteiger partial charge in [0.15, 0.2) is 0 Å². The van der Waals surface area contributed by atoms with E-state index in [0.29, 0.717) is 53.1 Å². The summed E-state index contributed by atoms with van der Waals surface area (Å²) >= 11 is 6.44. The van der Waals surface area contributed by atoms with Crippen LogP contribution < -0.4 is 15.5 Å². The lowest BCUT2D eigenvalue weighted by Crippen LogP contribution is -2.46. The lowest BCUT2D eigenvalue weighted by atomic mass is 10.0. The number of amides is 2. The van der Waals surface area contributed by atoms with Crippen molar-refractivity contribution in [3.63, 3.8) is 0 Å². The Labute approximate surface area is 255 Å². The molecular weight excluding hydrogens is 573 g/mol. The summed E-state index contributed by atoms with van der Waals surface area (Å²) in [5.41, 5.74) is 4.00. The lowest BCUT2D eigenvalue weighted by Gasteiger charge is -2.34. The van der Waals surface area contributed by atoms with E-state index in [4.69, 9.17) is 16.3 Å². The largest absolute Gasteiger partial charge is 0.377 e. The third kappa shape index (κ3) is 6.15. The molecule has 0 spiro atoms. The number of nitrogens with zero attached hydrogens (tertiary/aromatic N) is 5. The standard InChI is InChI=1S/C31H35ClFN7O3/c1-18(22-10-23(33)13-25(11-22)39-8-6-38(3)7-9-39)35-29(41)19(2)40-15-21-5-4-20(12-26(21)30(40)42)28-27(32)14-34-31(37-28)36-24-16-43-17-24/h4-5,10-14,18-19,24H,6-9,15-17H2,1-3H3,(H,35,41)(H,34,36,37)/t18-,19-/m1/s1. The molecule has 226 valence electrons. The van der Waals surface area contributed by atoms with Crippen LogP contribution in [0.25, 0.3) is 11.3 Å². The highest BCUT2D eigenvalue weighted by molar-refractivity contribution is 6.33. The van der Waals surface area contributed by atoms with Gasteiger partial charge in [-0.3, -0.25) is 9.59 Å². The molecule has 0 bridgehead atoms. The Morgan fingerprint density at radius 3 is 2.60 bits per heavy atom. The second kappa shape index (κ2) is 12.1. The zero-order valence-corrected chi connectivity index (χ0v) is 25.2. The molecule has 43 heavy (non-hydrogen) atoms. The van der Waals surface area contributed by atoms with Crippen molar-refractivity contribution in [3.8, 4) is 11.3 Å². The van der Waals surface area contributed by atoms with Gasteiger partial charge in [0.2, 0.25) is 11.9 Å². The van der Waals surface area contributed by atoms with Crippen molar-refractivity contribution in [3.05, 3.63) is 70.1 Å². The van der Waals surface area contributed by atoms with E-state index < -0.39 is 12.1 Å². The Bertz CT molecular complexity index is 1540. The predicted molar refractivity (Wildman–Crippen MR) is 163 cm³/mol. The molecule has 2 N–H and O–H groups in total. The maximum atomic E-state index is 14.6. The fourth-order valence-electron chi connectivity index (χ4n) is 5.58.